The van der Waals surface area contributed by atoms with Gasteiger partial charge in [-0.1, -0.05) is 0 Å². The number of nitro groups is 1. The second kappa shape index (κ2) is 7.71. The number of nitro benzene ring substituents is 1. The number of morpholine rings is 1. The second-order valence-corrected chi connectivity index (χ2v) is 4.96. The van der Waals surface area contributed by atoms with Crippen LogP contribution in [0.15, 0.2) is 18.2 Å². The van der Waals surface area contributed by atoms with Gasteiger partial charge in [0.2, 0.25) is 0 Å². The van der Waals surface area contributed by atoms with Crippen LogP contribution in [0.2, 0.25) is 0 Å². The highest BCUT2D eigenvalue weighted by Crippen LogP contribution is 2.24. The molecule has 120 valence electrons. The van der Waals surface area contributed by atoms with Gasteiger partial charge in [0.15, 0.2) is 0 Å². The summed E-state index contributed by atoms with van der Waals surface area (Å²) in [5, 5.41) is 10.8. The summed E-state index contributed by atoms with van der Waals surface area (Å²) in [6.45, 7) is 4.46. The molecule has 0 atom stereocenters. The van der Waals surface area contributed by atoms with Crippen LogP contribution in [0.25, 0.3) is 0 Å². The average molecular weight is 309 g/mol. The van der Waals surface area contributed by atoms with E-state index in [0.29, 0.717) is 6.61 Å². The summed E-state index contributed by atoms with van der Waals surface area (Å²) in [5.74, 6) is -0.512. The number of nitrogens with zero attached hydrogens (tertiary/aromatic N) is 2. The monoisotopic (exact) mass is 309 g/mol. The first-order chi connectivity index (χ1) is 10.6. The fourth-order valence-corrected chi connectivity index (χ4v) is 2.24. The van der Waals surface area contributed by atoms with Crippen LogP contribution >= 0.6 is 0 Å². The smallest absolute Gasteiger partial charge is 0.273 e. The first-order valence-electron chi connectivity index (χ1n) is 7.09. The minimum atomic E-state index is -0.668. The van der Waals surface area contributed by atoms with Gasteiger partial charge in [0.1, 0.15) is 5.75 Å². The SMILES string of the molecule is NC(=O)c1ccc([N+](=O)[O-])cc1OCCCN1CCOCC1. The number of non-ortho nitro benzene ring substituents is 1. The van der Waals surface area contributed by atoms with Gasteiger partial charge >= 0.3 is 0 Å². The number of benzene rings is 1. The predicted octanol–water partition coefficient (Wildman–Crippen LogP) is 0.795. The molecule has 0 aliphatic carbocycles. The maximum Gasteiger partial charge on any atom is 0.273 e. The third-order valence-electron chi connectivity index (χ3n) is 3.42. The Hall–Kier alpha value is -2.19. The summed E-state index contributed by atoms with van der Waals surface area (Å²) in [7, 11) is 0. The minimum Gasteiger partial charge on any atom is -0.492 e. The molecular weight excluding hydrogens is 290 g/mol. The summed E-state index contributed by atoms with van der Waals surface area (Å²) in [5.41, 5.74) is 5.27. The van der Waals surface area contributed by atoms with E-state index in [-0.39, 0.29) is 17.0 Å². The molecule has 1 heterocycles. The Bertz CT molecular complexity index is 543. The molecular formula is C14H19N3O5. The molecule has 0 unspecified atom stereocenters. The molecule has 2 N–H and O–H groups in total. The zero-order valence-electron chi connectivity index (χ0n) is 12.2. The van der Waals surface area contributed by atoms with Crippen LogP contribution in [0.1, 0.15) is 16.8 Å². The highest BCUT2D eigenvalue weighted by Gasteiger charge is 2.15. The zero-order valence-corrected chi connectivity index (χ0v) is 12.2. The van der Waals surface area contributed by atoms with E-state index in [1.807, 2.05) is 0 Å². The van der Waals surface area contributed by atoms with Crippen LogP contribution in [0.3, 0.4) is 0 Å². The van der Waals surface area contributed by atoms with Crippen molar-refractivity contribution in [2.24, 2.45) is 5.73 Å². The van der Waals surface area contributed by atoms with Crippen molar-refractivity contribution in [1.29, 1.82) is 0 Å². The molecule has 0 radical (unpaired) electrons. The van der Waals surface area contributed by atoms with Crippen LogP contribution < -0.4 is 10.5 Å². The van der Waals surface area contributed by atoms with Gasteiger partial charge < -0.3 is 15.2 Å². The lowest BCUT2D eigenvalue weighted by molar-refractivity contribution is -0.384. The number of ether oxygens (including phenoxy) is 2. The molecule has 1 aliphatic heterocycles. The Labute approximate surface area is 127 Å². The number of hydrogen-bond acceptors (Lipinski definition) is 6. The summed E-state index contributed by atoms with van der Waals surface area (Å²) in [4.78, 5) is 23.8. The molecule has 1 saturated heterocycles. The van der Waals surface area contributed by atoms with Gasteiger partial charge in [0.05, 0.1) is 36.4 Å². The van der Waals surface area contributed by atoms with Crippen LogP contribution in [-0.4, -0.2) is 55.2 Å². The molecule has 1 aromatic rings. The Morgan fingerprint density at radius 3 is 2.77 bits per heavy atom. The normalized spacial score (nSPS) is 15.5. The summed E-state index contributed by atoms with van der Waals surface area (Å²) >= 11 is 0. The third-order valence-corrected chi connectivity index (χ3v) is 3.42. The molecule has 0 saturated carbocycles. The molecule has 22 heavy (non-hydrogen) atoms. The quantitative estimate of drug-likeness (QED) is 0.453. The average Bonchev–Trinajstić information content (AvgIpc) is 2.52. The number of amides is 1. The maximum atomic E-state index is 11.3. The predicted molar refractivity (Wildman–Crippen MR) is 79.0 cm³/mol. The van der Waals surface area contributed by atoms with Crippen molar-refractivity contribution in [3.8, 4) is 5.75 Å². The van der Waals surface area contributed by atoms with E-state index in [1.165, 1.54) is 18.2 Å². The van der Waals surface area contributed by atoms with Gasteiger partial charge in [-0.25, -0.2) is 0 Å². The second-order valence-electron chi connectivity index (χ2n) is 4.96. The van der Waals surface area contributed by atoms with Crippen molar-refractivity contribution in [2.45, 2.75) is 6.42 Å². The van der Waals surface area contributed by atoms with E-state index in [0.717, 1.165) is 39.3 Å². The van der Waals surface area contributed by atoms with Crippen molar-refractivity contribution in [2.75, 3.05) is 39.5 Å². The van der Waals surface area contributed by atoms with Crippen molar-refractivity contribution < 1.29 is 19.2 Å². The molecule has 1 fully saturated rings. The lowest BCUT2D eigenvalue weighted by Gasteiger charge is -2.26. The number of primary amides is 1. The van der Waals surface area contributed by atoms with Crippen LogP contribution in [-0.2, 0) is 4.74 Å². The van der Waals surface area contributed by atoms with Crippen molar-refractivity contribution in [1.82, 2.24) is 4.90 Å². The molecule has 1 aliphatic rings. The Morgan fingerprint density at radius 2 is 2.14 bits per heavy atom. The lowest BCUT2D eigenvalue weighted by Crippen LogP contribution is -2.37. The number of carbonyl (C=O) groups excluding carboxylic acids is 1. The van der Waals surface area contributed by atoms with Gasteiger partial charge in [0.25, 0.3) is 11.6 Å². The van der Waals surface area contributed by atoms with Gasteiger partial charge in [-0.3, -0.25) is 19.8 Å². The number of hydrogen-bond donors (Lipinski definition) is 1. The largest absolute Gasteiger partial charge is 0.492 e. The van der Waals surface area contributed by atoms with Gasteiger partial charge in [0, 0.05) is 25.7 Å². The Balaban J connectivity index is 1.91. The molecule has 1 aromatic carbocycles. The summed E-state index contributed by atoms with van der Waals surface area (Å²) < 4.78 is 10.8. The van der Waals surface area contributed by atoms with Crippen LogP contribution in [0.5, 0.6) is 5.75 Å². The summed E-state index contributed by atoms with van der Waals surface area (Å²) in [6, 6.07) is 3.79. The van der Waals surface area contributed by atoms with Crippen molar-refractivity contribution >= 4 is 11.6 Å². The van der Waals surface area contributed by atoms with E-state index in [2.05, 4.69) is 4.90 Å². The molecule has 8 heteroatoms. The number of nitrogens with two attached hydrogens (primary N) is 1. The van der Waals surface area contributed by atoms with Gasteiger partial charge in [-0.2, -0.15) is 0 Å². The van der Waals surface area contributed by atoms with E-state index < -0.39 is 10.8 Å². The summed E-state index contributed by atoms with van der Waals surface area (Å²) in [6.07, 6.45) is 0.751. The molecule has 0 spiro atoms. The number of carbonyl (C=O) groups is 1. The molecule has 0 aromatic heterocycles. The Kier molecular flexibility index (Phi) is 5.68. The standard InChI is InChI=1S/C14H19N3O5/c15-14(18)12-3-2-11(17(19)20)10-13(12)22-7-1-4-16-5-8-21-9-6-16/h2-3,10H,1,4-9H2,(H2,15,18). The highest BCUT2D eigenvalue weighted by atomic mass is 16.6. The topological polar surface area (TPSA) is 108 Å². The molecule has 0 bridgehead atoms. The van der Waals surface area contributed by atoms with Crippen LogP contribution in [0, 0.1) is 10.1 Å². The first-order valence-corrected chi connectivity index (χ1v) is 7.09. The van der Waals surface area contributed by atoms with Gasteiger partial charge in [-0.15, -0.1) is 0 Å². The fourth-order valence-electron chi connectivity index (χ4n) is 2.24. The van der Waals surface area contributed by atoms with E-state index in [1.54, 1.807) is 0 Å². The maximum absolute atomic E-state index is 11.3. The van der Waals surface area contributed by atoms with Crippen LogP contribution in [0.4, 0.5) is 5.69 Å². The minimum absolute atomic E-state index is 0.131. The zero-order chi connectivity index (χ0) is 15.9. The molecule has 1 amide bonds. The molecule has 2 rings (SSSR count). The lowest BCUT2D eigenvalue weighted by atomic mass is 10.1. The van der Waals surface area contributed by atoms with Crippen molar-refractivity contribution in [3.63, 3.8) is 0 Å². The highest BCUT2D eigenvalue weighted by molar-refractivity contribution is 5.96. The molecule has 8 nitrogen and oxygen atoms in total. The third kappa shape index (κ3) is 4.40. The van der Waals surface area contributed by atoms with E-state index >= 15 is 0 Å². The van der Waals surface area contributed by atoms with E-state index in [4.69, 9.17) is 15.2 Å². The number of rotatable bonds is 7. The van der Waals surface area contributed by atoms with Gasteiger partial charge in [-0.05, 0) is 12.5 Å². The van der Waals surface area contributed by atoms with Crippen molar-refractivity contribution in [3.05, 3.63) is 33.9 Å². The first kappa shape index (κ1) is 16.2. The Morgan fingerprint density at radius 1 is 1.41 bits per heavy atom. The fraction of sp³-hybridized carbons (Fsp3) is 0.500. The van der Waals surface area contributed by atoms with E-state index in [9.17, 15) is 14.9 Å².